The Kier molecular flexibility index (Phi) is 3.75. The van der Waals surface area contributed by atoms with E-state index in [1.54, 1.807) is 12.1 Å². The van der Waals surface area contributed by atoms with Crippen LogP contribution in [-0.4, -0.2) is 17.9 Å². The molecule has 1 aliphatic rings. The molecule has 0 N–H and O–H groups in total. The maximum Gasteiger partial charge on any atom is 0.331 e. The minimum absolute atomic E-state index is 0.0241. The SMILES string of the molecule is O=C(/C=C/c1ccco1)O[C@H]1CCCCC1=O. The Hall–Kier alpha value is -1.84. The van der Waals surface area contributed by atoms with E-state index in [2.05, 4.69) is 0 Å². The Bertz CT molecular complexity index is 417. The third kappa shape index (κ3) is 3.31. The van der Waals surface area contributed by atoms with Crippen LogP contribution in [0.1, 0.15) is 31.4 Å². The molecule has 1 atom stereocenters. The van der Waals surface area contributed by atoms with Crippen molar-refractivity contribution in [1.82, 2.24) is 0 Å². The van der Waals surface area contributed by atoms with Gasteiger partial charge in [0.1, 0.15) is 5.76 Å². The Morgan fingerprint density at radius 2 is 2.35 bits per heavy atom. The monoisotopic (exact) mass is 234 g/mol. The van der Waals surface area contributed by atoms with Gasteiger partial charge < -0.3 is 9.15 Å². The maximum atomic E-state index is 11.4. The third-order valence-electron chi connectivity index (χ3n) is 2.68. The lowest BCUT2D eigenvalue weighted by atomic mass is 9.96. The summed E-state index contributed by atoms with van der Waals surface area (Å²) in [5, 5.41) is 0. The highest BCUT2D eigenvalue weighted by Gasteiger charge is 2.24. The van der Waals surface area contributed by atoms with Gasteiger partial charge in [0.2, 0.25) is 0 Å². The summed E-state index contributed by atoms with van der Waals surface area (Å²) in [5.74, 6) is 0.106. The molecule has 1 aromatic heterocycles. The van der Waals surface area contributed by atoms with Crippen molar-refractivity contribution in [2.75, 3.05) is 0 Å². The summed E-state index contributed by atoms with van der Waals surface area (Å²) in [7, 11) is 0. The molecule has 1 aliphatic carbocycles. The van der Waals surface area contributed by atoms with E-state index in [0.717, 1.165) is 12.8 Å². The first-order chi connectivity index (χ1) is 8.25. The van der Waals surface area contributed by atoms with Gasteiger partial charge in [0.25, 0.3) is 0 Å². The molecule has 1 aromatic rings. The van der Waals surface area contributed by atoms with Crippen molar-refractivity contribution < 1.29 is 18.7 Å². The number of ether oxygens (including phenoxy) is 1. The van der Waals surface area contributed by atoms with Crippen LogP contribution in [0.3, 0.4) is 0 Å². The van der Waals surface area contributed by atoms with Crippen LogP contribution >= 0.6 is 0 Å². The highest BCUT2D eigenvalue weighted by Crippen LogP contribution is 2.17. The second-order valence-electron chi connectivity index (χ2n) is 3.99. The zero-order chi connectivity index (χ0) is 12.1. The molecule has 0 bridgehead atoms. The van der Waals surface area contributed by atoms with Gasteiger partial charge >= 0.3 is 5.97 Å². The van der Waals surface area contributed by atoms with Crippen LogP contribution in [0.25, 0.3) is 6.08 Å². The minimum atomic E-state index is -0.558. The average molecular weight is 234 g/mol. The molecule has 0 spiro atoms. The molecule has 2 rings (SSSR count). The Balaban J connectivity index is 1.86. The molecule has 1 saturated carbocycles. The van der Waals surface area contributed by atoms with E-state index >= 15 is 0 Å². The molecule has 0 aromatic carbocycles. The number of furan rings is 1. The molecular formula is C13H14O4. The van der Waals surface area contributed by atoms with E-state index in [4.69, 9.17) is 9.15 Å². The quantitative estimate of drug-likeness (QED) is 0.595. The van der Waals surface area contributed by atoms with Crippen molar-refractivity contribution in [3.8, 4) is 0 Å². The van der Waals surface area contributed by atoms with Crippen LogP contribution in [0.2, 0.25) is 0 Å². The van der Waals surface area contributed by atoms with Crippen molar-refractivity contribution in [2.45, 2.75) is 31.8 Å². The van der Waals surface area contributed by atoms with Crippen LogP contribution in [0.5, 0.6) is 0 Å². The fourth-order valence-electron chi connectivity index (χ4n) is 1.79. The van der Waals surface area contributed by atoms with E-state index in [1.807, 2.05) is 0 Å². The molecule has 0 amide bonds. The predicted molar refractivity (Wildman–Crippen MR) is 61.1 cm³/mol. The smallest absolute Gasteiger partial charge is 0.331 e. The molecule has 17 heavy (non-hydrogen) atoms. The number of esters is 1. The molecule has 0 unspecified atom stereocenters. The molecule has 90 valence electrons. The number of ketones is 1. The van der Waals surface area contributed by atoms with E-state index in [-0.39, 0.29) is 5.78 Å². The van der Waals surface area contributed by atoms with Crippen LogP contribution in [0, 0.1) is 0 Å². The number of carbonyl (C=O) groups is 2. The van der Waals surface area contributed by atoms with E-state index in [9.17, 15) is 9.59 Å². The van der Waals surface area contributed by atoms with Gasteiger partial charge in [-0.25, -0.2) is 4.79 Å². The molecule has 1 heterocycles. The van der Waals surface area contributed by atoms with Gasteiger partial charge in [0.15, 0.2) is 11.9 Å². The second-order valence-corrected chi connectivity index (χ2v) is 3.99. The Morgan fingerprint density at radius 3 is 3.06 bits per heavy atom. The standard InChI is InChI=1S/C13H14O4/c14-11-5-1-2-6-12(11)17-13(15)8-7-10-4-3-9-16-10/h3-4,7-9,12H,1-2,5-6H2/b8-7+/t12-/m0/s1. The van der Waals surface area contributed by atoms with Crippen molar-refractivity contribution in [1.29, 1.82) is 0 Å². The highest BCUT2D eigenvalue weighted by molar-refractivity contribution is 5.91. The van der Waals surface area contributed by atoms with Crippen molar-refractivity contribution in [3.63, 3.8) is 0 Å². The van der Waals surface area contributed by atoms with E-state index in [0.29, 0.717) is 18.6 Å². The molecule has 4 heteroatoms. The van der Waals surface area contributed by atoms with Crippen molar-refractivity contribution in [2.24, 2.45) is 0 Å². The summed E-state index contributed by atoms with van der Waals surface area (Å²) in [6.45, 7) is 0. The maximum absolute atomic E-state index is 11.4. The summed E-state index contributed by atoms with van der Waals surface area (Å²) in [6, 6.07) is 3.46. The second kappa shape index (κ2) is 5.48. The van der Waals surface area contributed by atoms with Gasteiger partial charge in [-0.1, -0.05) is 0 Å². The lowest BCUT2D eigenvalue weighted by molar-refractivity contribution is -0.152. The molecule has 0 radical (unpaired) electrons. The van der Waals surface area contributed by atoms with E-state index < -0.39 is 12.1 Å². The van der Waals surface area contributed by atoms with Gasteiger partial charge in [0, 0.05) is 12.5 Å². The fraction of sp³-hybridized carbons (Fsp3) is 0.385. The molecule has 0 saturated heterocycles. The van der Waals surface area contributed by atoms with Crippen LogP contribution < -0.4 is 0 Å². The largest absolute Gasteiger partial charge is 0.465 e. The van der Waals surface area contributed by atoms with Crippen LogP contribution in [0.15, 0.2) is 28.9 Å². The summed E-state index contributed by atoms with van der Waals surface area (Å²) in [5.41, 5.74) is 0. The summed E-state index contributed by atoms with van der Waals surface area (Å²) in [6.07, 6.45) is 6.75. The fourth-order valence-corrected chi connectivity index (χ4v) is 1.79. The highest BCUT2D eigenvalue weighted by atomic mass is 16.5. The minimum Gasteiger partial charge on any atom is -0.465 e. The van der Waals surface area contributed by atoms with Gasteiger partial charge in [-0.15, -0.1) is 0 Å². The van der Waals surface area contributed by atoms with Crippen LogP contribution in [0.4, 0.5) is 0 Å². The topological polar surface area (TPSA) is 56.5 Å². The lowest BCUT2D eigenvalue weighted by Crippen LogP contribution is -2.29. The van der Waals surface area contributed by atoms with Gasteiger partial charge in [-0.05, 0) is 37.5 Å². The van der Waals surface area contributed by atoms with Crippen LogP contribution in [-0.2, 0) is 14.3 Å². The zero-order valence-electron chi connectivity index (χ0n) is 9.43. The first-order valence-electron chi connectivity index (χ1n) is 5.70. The van der Waals surface area contributed by atoms with Crippen molar-refractivity contribution in [3.05, 3.63) is 30.2 Å². The number of Topliss-reactive ketones (excluding diaryl/α,β-unsaturated/α-hetero) is 1. The number of carbonyl (C=O) groups excluding carboxylic acids is 2. The summed E-state index contributed by atoms with van der Waals surface area (Å²) < 4.78 is 10.1. The first kappa shape index (κ1) is 11.6. The van der Waals surface area contributed by atoms with Gasteiger partial charge in [-0.3, -0.25) is 4.79 Å². The predicted octanol–water partition coefficient (Wildman–Crippen LogP) is 2.35. The first-order valence-corrected chi connectivity index (χ1v) is 5.70. The van der Waals surface area contributed by atoms with Crippen molar-refractivity contribution >= 4 is 17.8 Å². The summed E-state index contributed by atoms with van der Waals surface area (Å²) >= 11 is 0. The van der Waals surface area contributed by atoms with E-state index in [1.165, 1.54) is 18.4 Å². The molecular weight excluding hydrogens is 220 g/mol. The molecule has 0 aliphatic heterocycles. The number of rotatable bonds is 3. The average Bonchev–Trinajstić information content (AvgIpc) is 2.82. The third-order valence-corrected chi connectivity index (χ3v) is 2.68. The molecule has 4 nitrogen and oxygen atoms in total. The normalized spacial score (nSPS) is 20.7. The van der Waals surface area contributed by atoms with Gasteiger partial charge in [-0.2, -0.15) is 0 Å². The zero-order valence-corrected chi connectivity index (χ0v) is 9.43. The van der Waals surface area contributed by atoms with Gasteiger partial charge in [0.05, 0.1) is 6.26 Å². The Morgan fingerprint density at radius 1 is 1.47 bits per heavy atom. The molecule has 1 fully saturated rings. The summed E-state index contributed by atoms with van der Waals surface area (Å²) in [4.78, 5) is 22.9. The number of hydrogen-bond acceptors (Lipinski definition) is 4. The number of hydrogen-bond donors (Lipinski definition) is 0. The Labute approximate surface area is 99.3 Å². The lowest BCUT2D eigenvalue weighted by Gasteiger charge is -2.19.